The summed E-state index contributed by atoms with van der Waals surface area (Å²) in [6.45, 7) is 6.29. The summed E-state index contributed by atoms with van der Waals surface area (Å²) in [5.74, 6) is -5.67. The Balaban J connectivity index is 2.44. The molecule has 0 aromatic heterocycles. The van der Waals surface area contributed by atoms with Gasteiger partial charge in [0.05, 0.1) is 13.0 Å². The fourth-order valence-electron chi connectivity index (χ4n) is 4.82. The Labute approximate surface area is 279 Å². The van der Waals surface area contributed by atoms with Gasteiger partial charge in [0.1, 0.15) is 29.9 Å². The van der Waals surface area contributed by atoms with Crippen molar-refractivity contribution in [2.45, 2.75) is 95.4 Å². The van der Waals surface area contributed by atoms with Gasteiger partial charge in [-0.1, -0.05) is 12.1 Å². The second kappa shape index (κ2) is 19.0. The Morgan fingerprint density at radius 3 is 2.00 bits per heavy atom. The van der Waals surface area contributed by atoms with Gasteiger partial charge in [-0.25, -0.2) is 0 Å². The van der Waals surface area contributed by atoms with E-state index in [1.54, 1.807) is 0 Å². The van der Waals surface area contributed by atoms with Crippen LogP contribution >= 0.6 is 0 Å². The molecule has 0 saturated carbocycles. The van der Waals surface area contributed by atoms with E-state index in [1.165, 1.54) is 24.3 Å². The van der Waals surface area contributed by atoms with Crippen LogP contribution in [0.2, 0.25) is 0 Å². The van der Waals surface area contributed by atoms with E-state index >= 15 is 0 Å². The molecule has 0 aliphatic carbocycles. The molecule has 48 heavy (non-hydrogen) atoms. The highest BCUT2D eigenvalue weighted by atomic mass is 16.4. The monoisotopic (exact) mass is 675 g/mol. The minimum Gasteiger partial charge on any atom is -0.508 e. The fourth-order valence-corrected chi connectivity index (χ4v) is 4.82. The van der Waals surface area contributed by atoms with Crippen molar-refractivity contribution in [3.05, 3.63) is 29.8 Å². The standard InChI is InChI=1S/C31H49N9O8/c1-31(2,3)36-14-5-4-7-21-27(46)38-20(8-6-13-34-30(32)33)26(45)35-17-24(42)37-23(16-25(43)44)29(48)40-22(28(47)39-21)15-18-9-11-19(41)12-10-18/h9-12,20-23,36,41H,4-8,13-17H2,1-3H3,(H,35,45)(H,37,42)(H,38,46)(H,39,47)(H,40,48)(H,43,44)(H4,32,33,34)/t20-,21-,22+,23-/m0/s1. The first-order chi connectivity index (χ1) is 22.5. The number of phenols is 1. The molecule has 1 saturated heterocycles. The van der Waals surface area contributed by atoms with E-state index in [4.69, 9.17) is 11.1 Å². The Bertz CT molecular complexity index is 1300. The van der Waals surface area contributed by atoms with Gasteiger partial charge in [0.15, 0.2) is 5.96 Å². The lowest BCUT2D eigenvalue weighted by Crippen LogP contribution is -2.58. The first-order valence-electron chi connectivity index (χ1n) is 15.8. The second-order valence-corrected chi connectivity index (χ2v) is 12.6. The zero-order chi connectivity index (χ0) is 35.9. The van der Waals surface area contributed by atoms with Crippen molar-refractivity contribution in [3.8, 4) is 5.75 Å². The molecule has 1 aromatic rings. The summed E-state index contributed by atoms with van der Waals surface area (Å²) >= 11 is 0. The van der Waals surface area contributed by atoms with Crippen molar-refractivity contribution < 1.29 is 39.0 Å². The molecule has 1 heterocycles. The maximum atomic E-state index is 13.8. The van der Waals surface area contributed by atoms with Crippen LogP contribution in [-0.4, -0.2) is 101 Å². The third-order valence-electron chi connectivity index (χ3n) is 7.29. The molecular weight excluding hydrogens is 626 g/mol. The first kappa shape index (κ1) is 39.2. The van der Waals surface area contributed by atoms with E-state index in [0.717, 1.165) is 0 Å². The summed E-state index contributed by atoms with van der Waals surface area (Å²) in [6.07, 6.45) is 0.835. The van der Waals surface area contributed by atoms with Gasteiger partial charge in [-0.05, 0) is 77.1 Å². The number of carbonyl (C=O) groups is 6. The highest BCUT2D eigenvalue weighted by Gasteiger charge is 2.33. The number of aliphatic carboxylic acids is 1. The number of carbonyl (C=O) groups excluding carboxylic acids is 5. The molecule has 17 nitrogen and oxygen atoms in total. The van der Waals surface area contributed by atoms with Gasteiger partial charge in [-0.15, -0.1) is 0 Å². The van der Waals surface area contributed by atoms with Gasteiger partial charge in [0, 0.05) is 18.5 Å². The molecule has 0 spiro atoms. The summed E-state index contributed by atoms with van der Waals surface area (Å²) in [5, 5.41) is 45.0. The van der Waals surface area contributed by atoms with E-state index in [-0.39, 0.29) is 43.1 Å². The van der Waals surface area contributed by atoms with Crippen LogP contribution in [0.15, 0.2) is 24.3 Å². The van der Waals surface area contributed by atoms with Crippen molar-refractivity contribution in [3.63, 3.8) is 0 Å². The topological polar surface area (TPSA) is 277 Å². The Hall–Kier alpha value is -4.93. The van der Waals surface area contributed by atoms with Crippen LogP contribution in [0.5, 0.6) is 5.75 Å². The minimum atomic E-state index is -1.59. The summed E-state index contributed by atoms with van der Waals surface area (Å²) in [4.78, 5) is 78.2. The molecule has 2 rings (SSSR count). The summed E-state index contributed by atoms with van der Waals surface area (Å²) < 4.78 is 0. The van der Waals surface area contributed by atoms with E-state index < -0.39 is 72.6 Å². The molecule has 1 aliphatic rings. The molecule has 0 unspecified atom stereocenters. The van der Waals surface area contributed by atoms with Crippen LogP contribution in [0.3, 0.4) is 0 Å². The number of phenolic OH excluding ortho intramolecular Hbond substituents is 1. The number of hydrogen-bond donors (Lipinski definition) is 11. The van der Waals surface area contributed by atoms with Crippen molar-refractivity contribution in [2.75, 3.05) is 19.6 Å². The van der Waals surface area contributed by atoms with Crippen LogP contribution in [0.4, 0.5) is 0 Å². The number of guanidine groups is 1. The Kier molecular flexibility index (Phi) is 15.6. The van der Waals surface area contributed by atoms with Crippen LogP contribution in [-0.2, 0) is 35.2 Å². The number of amides is 5. The largest absolute Gasteiger partial charge is 0.508 e. The van der Waals surface area contributed by atoms with Crippen LogP contribution < -0.4 is 43.0 Å². The molecule has 4 atom stereocenters. The molecule has 0 radical (unpaired) electrons. The normalized spacial score (nSPS) is 21.4. The smallest absolute Gasteiger partial charge is 0.305 e. The third kappa shape index (κ3) is 15.1. The number of carboxylic acids is 1. The molecule has 5 amide bonds. The number of aromatic hydroxyl groups is 1. The number of carboxylic acid groups (broad SMARTS) is 1. The van der Waals surface area contributed by atoms with Gasteiger partial charge in [-0.3, -0.25) is 34.2 Å². The zero-order valence-corrected chi connectivity index (χ0v) is 27.6. The molecule has 1 aliphatic heterocycles. The van der Waals surface area contributed by atoms with Gasteiger partial charge < -0.3 is 53.2 Å². The van der Waals surface area contributed by atoms with Gasteiger partial charge in [0.25, 0.3) is 0 Å². The number of rotatable bonds is 13. The lowest BCUT2D eigenvalue weighted by molar-refractivity contribution is -0.141. The third-order valence-corrected chi connectivity index (χ3v) is 7.29. The van der Waals surface area contributed by atoms with Crippen molar-refractivity contribution in [1.29, 1.82) is 5.41 Å². The van der Waals surface area contributed by atoms with E-state index in [2.05, 4.69) is 37.2 Å². The number of nitrogens with one attached hydrogen (secondary N) is 8. The predicted molar refractivity (Wildman–Crippen MR) is 176 cm³/mol. The molecule has 1 aromatic carbocycles. The average Bonchev–Trinajstić information content (AvgIpc) is 2.99. The number of unbranched alkanes of at least 4 members (excludes halogenated alkanes) is 1. The van der Waals surface area contributed by atoms with Crippen LogP contribution in [0.1, 0.15) is 64.9 Å². The number of nitrogens with two attached hydrogens (primary N) is 1. The maximum Gasteiger partial charge on any atom is 0.305 e. The van der Waals surface area contributed by atoms with Gasteiger partial charge >= 0.3 is 5.97 Å². The highest BCUT2D eigenvalue weighted by Crippen LogP contribution is 2.13. The van der Waals surface area contributed by atoms with Gasteiger partial charge in [-0.2, -0.15) is 0 Å². The fraction of sp³-hybridized carbons (Fsp3) is 0.581. The SMILES string of the molecule is CC(C)(C)NCCCC[C@@H]1NC(=O)[C@@H](Cc2ccc(O)cc2)NC(=O)[C@H](CC(=O)O)NC(=O)CNC(=O)[C@H](CCCNC(=N)N)NC1=O. The lowest BCUT2D eigenvalue weighted by Gasteiger charge is -2.26. The van der Waals surface area contributed by atoms with E-state index in [1.807, 2.05) is 20.8 Å². The lowest BCUT2D eigenvalue weighted by atomic mass is 10.0. The Morgan fingerprint density at radius 1 is 0.833 bits per heavy atom. The molecule has 266 valence electrons. The van der Waals surface area contributed by atoms with Crippen LogP contribution in [0.25, 0.3) is 0 Å². The summed E-state index contributed by atoms with van der Waals surface area (Å²) in [7, 11) is 0. The van der Waals surface area contributed by atoms with Gasteiger partial charge in [0.2, 0.25) is 29.5 Å². The maximum absolute atomic E-state index is 13.8. The zero-order valence-electron chi connectivity index (χ0n) is 27.6. The quantitative estimate of drug-likeness (QED) is 0.0637. The van der Waals surface area contributed by atoms with Crippen LogP contribution in [0, 0.1) is 5.41 Å². The minimum absolute atomic E-state index is 0.0222. The predicted octanol–water partition coefficient (Wildman–Crippen LogP) is -1.70. The molecule has 17 heteroatoms. The van der Waals surface area contributed by atoms with Crippen molar-refractivity contribution in [1.82, 2.24) is 37.2 Å². The summed E-state index contributed by atoms with van der Waals surface area (Å²) in [5.41, 5.74) is 5.74. The highest BCUT2D eigenvalue weighted by molar-refractivity contribution is 5.98. The van der Waals surface area contributed by atoms with Crippen molar-refractivity contribution in [2.24, 2.45) is 5.73 Å². The molecule has 0 bridgehead atoms. The first-order valence-corrected chi connectivity index (χ1v) is 15.8. The van der Waals surface area contributed by atoms with Crippen molar-refractivity contribution >= 4 is 41.5 Å². The second-order valence-electron chi connectivity index (χ2n) is 12.6. The average molecular weight is 676 g/mol. The molecule has 1 fully saturated rings. The van der Waals surface area contributed by atoms with E-state index in [0.29, 0.717) is 31.4 Å². The molecule has 12 N–H and O–H groups in total. The number of benzene rings is 1. The molecular formula is C31H49N9O8. The summed E-state index contributed by atoms with van der Waals surface area (Å²) in [6, 6.07) is 0.690. The Morgan fingerprint density at radius 2 is 1.40 bits per heavy atom. The number of hydrogen-bond acceptors (Lipinski definition) is 9. The van der Waals surface area contributed by atoms with E-state index in [9.17, 15) is 39.0 Å².